The maximum Gasteiger partial charge on any atom is 0.256 e. The molecule has 1 amide bonds. The molecule has 0 saturated carbocycles. The van der Waals surface area contributed by atoms with E-state index in [0.717, 1.165) is 52.7 Å². The molecule has 5 rings (SSSR count). The van der Waals surface area contributed by atoms with Gasteiger partial charge in [-0.2, -0.15) is 0 Å². The Morgan fingerprint density at radius 1 is 1.09 bits per heavy atom. The van der Waals surface area contributed by atoms with Gasteiger partial charge in [-0.25, -0.2) is 4.98 Å². The van der Waals surface area contributed by atoms with Crippen molar-refractivity contribution in [3.63, 3.8) is 0 Å². The molecule has 2 aromatic heterocycles. The third kappa shape index (κ3) is 4.30. The zero-order valence-corrected chi connectivity index (χ0v) is 21.0. The number of carbonyl (C=O) groups is 1. The van der Waals surface area contributed by atoms with Crippen LogP contribution >= 0.6 is 22.7 Å². The summed E-state index contributed by atoms with van der Waals surface area (Å²) in [7, 11) is 0. The Balaban J connectivity index is 1.49. The molecule has 0 bridgehead atoms. The van der Waals surface area contributed by atoms with Crippen LogP contribution in [0.1, 0.15) is 48.0 Å². The quantitative estimate of drug-likeness (QED) is 0.319. The summed E-state index contributed by atoms with van der Waals surface area (Å²) in [4.78, 5) is 21.9. The van der Waals surface area contributed by atoms with Gasteiger partial charge in [0.05, 0.1) is 10.2 Å². The number of anilines is 2. The highest BCUT2D eigenvalue weighted by Crippen LogP contribution is 2.47. The third-order valence-electron chi connectivity index (χ3n) is 6.50. The zero-order chi connectivity index (χ0) is 22.9. The van der Waals surface area contributed by atoms with Gasteiger partial charge in [0, 0.05) is 34.8 Å². The lowest BCUT2D eigenvalue weighted by Gasteiger charge is -2.21. The number of thiazole rings is 1. The second-order valence-electron chi connectivity index (χ2n) is 8.72. The molecule has 1 atom stereocenters. The van der Waals surface area contributed by atoms with Gasteiger partial charge in [0.15, 0.2) is 0 Å². The molecule has 33 heavy (non-hydrogen) atoms. The Hall–Kier alpha value is -2.70. The summed E-state index contributed by atoms with van der Waals surface area (Å²) in [5.41, 5.74) is 5.36. The summed E-state index contributed by atoms with van der Waals surface area (Å²) >= 11 is 3.45. The topological polar surface area (TPSA) is 45.2 Å². The molecule has 1 unspecified atom stereocenters. The number of thiophene rings is 1. The SMILES string of the molecule is CCN(CC)c1ccc(C(=O)Nc2sc3c(c2-c2nc4ccccc4s2)CCC(C)C3)cc1. The molecule has 0 aliphatic heterocycles. The van der Waals surface area contributed by atoms with Crippen LogP contribution in [0.3, 0.4) is 0 Å². The van der Waals surface area contributed by atoms with Crippen LogP contribution in [0.15, 0.2) is 48.5 Å². The van der Waals surface area contributed by atoms with E-state index in [1.165, 1.54) is 21.6 Å². The van der Waals surface area contributed by atoms with Crippen molar-refractivity contribution in [1.29, 1.82) is 0 Å². The van der Waals surface area contributed by atoms with Crippen molar-refractivity contribution in [2.45, 2.75) is 40.0 Å². The number of benzene rings is 2. The Labute approximate surface area is 203 Å². The molecule has 6 heteroatoms. The molecule has 1 N–H and O–H groups in total. The first-order valence-electron chi connectivity index (χ1n) is 11.7. The number of nitrogens with one attached hydrogen (secondary N) is 1. The zero-order valence-electron chi connectivity index (χ0n) is 19.4. The number of hydrogen-bond donors (Lipinski definition) is 1. The van der Waals surface area contributed by atoms with Crippen LogP contribution in [0.4, 0.5) is 10.7 Å². The lowest BCUT2D eigenvalue weighted by Crippen LogP contribution is -2.21. The van der Waals surface area contributed by atoms with Gasteiger partial charge >= 0.3 is 0 Å². The van der Waals surface area contributed by atoms with Gasteiger partial charge in [0.2, 0.25) is 0 Å². The average Bonchev–Trinajstić information content (AvgIpc) is 3.40. The van der Waals surface area contributed by atoms with Crippen molar-refractivity contribution in [2.75, 3.05) is 23.3 Å². The van der Waals surface area contributed by atoms with E-state index in [-0.39, 0.29) is 5.91 Å². The van der Waals surface area contributed by atoms with Crippen LogP contribution in [0.5, 0.6) is 0 Å². The van der Waals surface area contributed by atoms with Gasteiger partial charge in [0.1, 0.15) is 10.0 Å². The minimum absolute atomic E-state index is 0.0601. The van der Waals surface area contributed by atoms with E-state index in [4.69, 9.17) is 4.98 Å². The van der Waals surface area contributed by atoms with Crippen LogP contribution in [0.2, 0.25) is 0 Å². The molecular formula is C27H29N3OS2. The summed E-state index contributed by atoms with van der Waals surface area (Å²) in [6.07, 6.45) is 3.31. The summed E-state index contributed by atoms with van der Waals surface area (Å²) in [6, 6.07) is 16.2. The number of carbonyl (C=O) groups excluding carboxylic acids is 1. The van der Waals surface area contributed by atoms with Crippen LogP contribution in [-0.2, 0) is 12.8 Å². The summed E-state index contributed by atoms with van der Waals surface area (Å²) in [5, 5.41) is 5.20. The van der Waals surface area contributed by atoms with Gasteiger partial charge < -0.3 is 10.2 Å². The van der Waals surface area contributed by atoms with Crippen LogP contribution < -0.4 is 10.2 Å². The fourth-order valence-electron chi connectivity index (χ4n) is 4.63. The average molecular weight is 476 g/mol. The van der Waals surface area contributed by atoms with Crippen LogP contribution in [0, 0.1) is 5.92 Å². The Bertz CT molecular complexity index is 1250. The first-order chi connectivity index (χ1) is 16.1. The molecule has 1 aliphatic carbocycles. The van der Waals surface area contributed by atoms with E-state index in [9.17, 15) is 4.79 Å². The van der Waals surface area contributed by atoms with Crippen LogP contribution in [0.25, 0.3) is 20.8 Å². The van der Waals surface area contributed by atoms with Crippen molar-refractivity contribution in [3.8, 4) is 10.6 Å². The van der Waals surface area contributed by atoms with Crippen molar-refractivity contribution in [2.24, 2.45) is 5.92 Å². The fraction of sp³-hybridized carbons (Fsp3) is 0.333. The van der Waals surface area contributed by atoms with E-state index in [0.29, 0.717) is 11.5 Å². The van der Waals surface area contributed by atoms with Crippen molar-refractivity contribution in [3.05, 3.63) is 64.5 Å². The van der Waals surface area contributed by atoms with Gasteiger partial charge in [-0.05, 0) is 81.0 Å². The van der Waals surface area contributed by atoms with E-state index < -0.39 is 0 Å². The predicted molar refractivity (Wildman–Crippen MR) is 142 cm³/mol. The number of para-hydroxylation sites is 1. The third-order valence-corrected chi connectivity index (χ3v) is 8.73. The largest absolute Gasteiger partial charge is 0.372 e. The minimum Gasteiger partial charge on any atom is -0.372 e. The van der Waals surface area contributed by atoms with Gasteiger partial charge in [0.25, 0.3) is 5.91 Å². The summed E-state index contributed by atoms with van der Waals surface area (Å²) < 4.78 is 1.18. The number of nitrogens with zero attached hydrogens (tertiary/aromatic N) is 2. The highest BCUT2D eigenvalue weighted by molar-refractivity contribution is 7.23. The molecule has 0 fully saturated rings. The standard InChI is InChI=1S/C27H29N3OS2/c1-4-30(5-2)19-13-11-18(12-14-19)25(31)29-27-24(20-15-10-17(3)16-23(20)33-27)26-28-21-8-6-7-9-22(21)32-26/h6-9,11-14,17H,4-5,10,15-16H2,1-3H3,(H,29,31). The number of amides is 1. The molecule has 1 aliphatic rings. The second-order valence-corrected chi connectivity index (χ2v) is 10.9. The molecule has 0 spiro atoms. The minimum atomic E-state index is -0.0601. The Morgan fingerprint density at radius 3 is 2.58 bits per heavy atom. The second kappa shape index (κ2) is 9.27. The maximum absolute atomic E-state index is 13.2. The highest BCUT2D eigenvalue weighted by atomic mass is 32.1. The number of hydrogen-bond acceptors (Lipinski definition) is 5. The number of rotatable bonds is 6. The lowest BCUT2D eigenvalue weighted by atomic mass is 9.88. The summed E-state index contributed by atoms with van der Waals surface area (Å²) in [5.74, 6) is 0.616. The first kappa shape index (κ1) is 22.1. The van der Waals surface area contributed by atoms with Crippen molar-refractivity contribution in [1.82, 2.24) is 4.98 Å². The number of aromatic nitrogens is 1. The molecule has 2 heterocycles. The Kier molecular flexibility index (Phi) is 6.21. The molecule has 170 valence electrons. The van der Waals surface area contributed by atoms with Gasteiger partial charge in [-0.15, -0.1) is 22.7 Å². The predicted octanol–water partition coefficient (Wildman–Crippen LogP) is 7.25. The number of fused-ring (bicyclic) bond motifs is 2. The summed E-state index contributed by atoms with van der Waals surface area (Å²) in [6.45, 7) is 8.51. The normalized spacial score (nSPS) is 15.4. The monoisotopic (exact) mass is 475 g/mol. The maximum atomic E-state index is 13.2. The van der Waals surface area contributed by atoms with E-state index in [1.54, 1.807) is 22.7 Å². The lowest BCUT2D eigenvalue weighted by molar-refractivity contribution is 0.102. The molecule has 0 saturated heterocycles. The molecule has 2 aromatic carbocycles. The Morgan fingerprint density at radius 2 is 1.85 bits per heavy atom. The van der Waals surface area contributed by atoms with Gasteiger partial charge in [-0.1, -0.05) is 19.1 Å². The highest BCUT2D eigenvalue weighted by Gasteiger charge is 2.27. The fourth-order valence-corrected chi connectivity index (χ4v) is 7.15. The van der Waals surface area contributed by atoms with Crippen molar-refractivity contribution < 1.29 is 4.79 Å². The van der Waals surface area contributed by atoms with E-state index in [1.807, 2.05) is 30.3 Å². The van der Waals surface area contributed by atoms with Crippen LogP contribution in [-0.4, -0.2) is 24.0 Å². The molecule has 4 nitrogen and oxygen atoms in total. The van der Waals surface area contributed by atoms with E-state index in [2.05, 4.69) is 49.2 Å². The van der Waals surface area contributed by atoms with Crippen molar-refractivity contribution >= 4 is 49.5 Å². The molecular weight excluding hydrogens is 446 g/mol. The molecule has 0 radical (unpaired) electrons. The van der Waals surface area contributed by atoms with Gasteiger partial charge in [-0.3, -0.25) is 4.79 Å². The first-order valence-corrected chi connectivity index (χ1v) is 13.4. The smallest absolute Gasteiger partial charge is 0.256 e. The van der Waals surface area contributed by atoms with E-state index >= 15 is 0 Å². The molecule has 4 aromatic rings.